The summed E-state index contributed by atoms with van der Waals surface area (Å²) in [5.41, 5.74) is 2.53. The maximum atomic E-state index is 12.8. The molecule has 2 aromatic rings. The van der Waals surface area contributed by atoms with Crippen LogP contribution in [0.25, 0.3) is 6.08 Å². The Morgan fingerprint density at radius 3 is 2.31 bits per heavy atom. The van der Waals surface area contributed by atoms with E-state index in [1.54, 1.807) is 0 Å². The topological polar surface area (TPSA) is 79.0 Å². The van der Waals surface area contributed by atoms with Crippen LogP contribution in [0.3, 0.4) is 0 Å². The molecule has 0 aromatic heterocycles. The fraction of sp³-hybridized carbons (Fsp3) is 0.227. The molecule has 0 unspecified atom stereocenters. The second-order valence-electron chi connectivity index (χ2n) is 6.89. The average Bonchev–Trinajstić information content (AvgIpc) is 2.76. The Balaban J connectivity index is 1.54. The van der Waals surface area contributed by atoms with E-state index in [2.05, 4.69) is 10.2 Å². The van der Waals surface area contributed by atoms with Gasteiger partial charge in [0.2, 0.25) is 0 Å². The molecule has 7 nitrogen and oxygen atoms in total. The molecule has 2 aromatic carbocycles. The maximum absolute atomic E-state index is 12.8. The van der Waals surface area contributed by atoms with E-state index in [1.807, 2.05) is 54.6 Å². The summed E-state index contributed by atoms with van der Waals surface area (Å²) >= 11 is 0. The normalized spacial score (nSPS) is 18.9. The quantitative estimate of drug-likeness (QED) is 0.639. The third-order valence-corrected chi connectivity index (χ3v) is 4.95. The van der Waals surface area contributed by atoms with Crippen LogP contribution in [0.1, 0.15) is 11.1 Å². The molecule has 2 heterocycles. The van der Waals surface area contributed by atoms with Crippen molar-refractivity contribution in [3.8, 4) is 0 Å². The lowest BCUT2D eigenvalue weighted by Crippen LogP contribution is -2.53. The van der Waals surface area contributed by atoms with Gasteiger partial charge < -0.3 is 9.64 Å². The first-order chi connectivity index (χ1) is 14.1. The molecule has 29 heavy (non-hydrogen) atoms. The molecular formula is C22H21N3O4. The summed E-state index contributed by atoms with van der Waals surface area (Å²) in [5.74, 6) is -1.28. The van der Waals surface area contributed by atoms with Crippen molar-refractivity contribution in [3.05, 3.63) is 71.3 Å². The molecule has 0 saturated carbocycles. The van der Waals surface area contributed by atoms with Gasteiger partial charge in [0, 0.05) is 18.8 Å². The summed E-state index contributed by atoms with van der Waals surface area (Å²) in [5, 5.41) is 2.25. The van der Waals surface area contributed by atoms with Gasteiger partial charge in [-0.05, 0) is 29.3 Å². The summed E-state index contributed by atoms with van der Waals surface area (Å²) in [6, 6.07) is 16.1. The van der Waals surface area contributed by atoms with E-state index in [9.17, 15) is 14.4 Å². The van der Waals surface area contributed by atoms with E-state index in [4.69, 9.17) is 4.74 Å². The minimum Gasteiger partial charge on any atom is -0.378 e. The minimum atomic E-state index is -0.705. The summed E-state index contributed by atoms with van der Waals surface area (Å²) < 4.78 is 5.37. The van der Waals surface area contributed by atoms with Gasteiger partial charge in [0.05, 0.1) is 19.8 Å². The highest BCUT2D eigenvalue weighted by molar-refractivity contribution is 6.30. The van der Waals surface area contributed by atoms with Crippen LogP contribution in [-0.2, 0) is 20.9 Å². The number of imide groups is 2. The highest BCUT2D eigenvalue weighted by atomic mass is 16.5. The van der Waals surface area contributed by atoms with Crippen LogP contribution in [0.2, 0.25) is 0 Å². The molecule has 2 fully saturated rings. The molecule has 7 heteroatoms. The Morgan fingerprint density at radius 2 is 1.62 bits per heavy atom. The van der Waals surface area contributed by atoms with Crippen molar-refractivity contribution in [1.29, 1.82) is 0 Å². The van der Waals surface area contributed by atoms with Crippen LogP contribution in [0.15, 0.2) is 60.2 Å². The highest BCUT2D eigenvalue weighted by Gasteiger charge is 2.35. The highest BCUT2D eigenvalue weighted by Crippen LogP contribution is 2.20. The molecule has 0 radical (unpaired) electrons. The van der Waals surface area contributed by atoms with E-state index in [-0.39, 0.29) is 12.1 Å². The van der Waals surface area contributed by atoms with Gasteiger partial charge in [-0.25, -0.2) is 4.79 Å². The van der Waals surface area contributed by atoms with Gasteiger partial charge in [0.15, 0.2) is 0 Å². The van der Waals surface area contributed by atoms with Crippen LogP contribution in [0.4, 0.5) is 10.5 Å². The largest absolute Gasteiger partial charge is 0.378 e. The zero-order valence-corrected chi connectivity index (χ0v) is 15.8. The first-order valence-corrected chi connectivity index (χ1v) is 9.47. The van der Waals surface area contributed by atoms with E-state index >= 15 is 0 Å². The molecule has 1 N–H and O–H groups in total. The van der Waals surface area contributed by atoms with E-state index in [0.29, 0.717) is 13.2 Å². The third kappa shape index (κ3) is 4.20. The summed E-state index contributed by atoms with van der Waals surface area (Å²) in [7, 11) is 0. The number of carbonyl (C=O) groups is 3. The molecule has 148 valence electrons. The second-order valence-corrected chi connectivity index (χ2v) is 6.89. The number of amides is 4. The van der Waals surface area contributed by atoms with Crippen LogP contribution >= 0.6 is 0 Å². The van der Waals surface area contributed by atoms with Gasteiger partial charge in [0.1, 0.15) is 5.57 Å². The van der Waals surface area contributed by atoms with Gasteiger partial charge >= 0.3 is 6.03 Å². The van der Waals surface area contributed by atoms with E-state index in [0.717, 1.165) is 34.8 Å². The smallest absolute Gasteiger partial charge is 0.331 e. The zero-order valence-electron chi connectivity index (χ0n) is 15.8. The predicted molar refractivity (Wildman–Crippen MR) is 108 cm³/mol. The van der Waals surface area contributed by atoms with Gasteiger partial charge in [-0.15, -0.1) is 0 Å². The summed E-state index contributed by atoms with van der Waals surface area (Å²) in [4.78, 5) is 40.5. The Labute approximate surface area is 168 Å². The fourth-order valence-corrected chi connectivity index (χ4v) is 3.37. The number of hydrogen-bond donors (Lipinski definition) is 1. The lowest BCUT2D eigenvalue weighted by molar-refractivity contribution is -0.130. The fourth-order valence-electron chi connectivity index (χ4n) is 3.37. The monoisotopic (exact) mass is 391 g/mol. The van der Waals surface area contributed by atoms with Crippen LogP contribution in [0.5, 0.6) is 0 Å². The summed E-state index contributed by atoms with van der Waals surface area (Å²) in [6.07, 6.45) is 1.52. The zero-order chi connectivity index (χ0) is 20.2. The average molecular weight is 391 g/mol. The number of nitrogens with one attached hydrogen (secondary N) is 1. The van der Waals surface area contributed by atoms with Crippen molar-refractivity contribution in [2.24, 2.45) is 0 Å². The van der Waals surface area contributed by atoms with Crippen molar-refractivity contribution in [3.63, 3.8) is 0 Å². The van der Waals surface area contributed by atoms with Gasteiger partial charge in [-0.3, -0.25) is 19.8 Å². The Morgan fingerprint density at radius 1 is 0.931 bits per heavy atom. The number of nitrogens with zero attached hydrogens (tertiary/aromatic N) is 2. The van der Waals surface area contributed by atoms with Crippen molar-refractivity contribution in [2.45, 2.75) is 6.54 Å². The number of carbonyl (C=O) groups excluding carboxylic acids is 3. The molecule has 0 spiro atoms. The summed E-state index contributed by atoms with van der Waals surface area (Å²) in [6.45, 7) is 3.17. The lowest BCUT2D eigenvalue weighted by Gasteiger charge is -2.29. The second kappa shape index (κ2) is 8.28. The number of benzene rings is 2. The molecule has 0 atom stereocenters. The lowest BCUT2D eigenvalue weighted by atomic mass is 10.1. The SMILES string of the molecule is O=C1NC(=O)N(Cc2ccccc2)C(=O)C1=Cc1ccc(N2CCOCC2)cc1. The van der Waals surface area contributed by atoms with Crippen molar-refractivity contribution in [1.82, 2.24) is 10.2 Å². The Bertz CT molecular complexity index is 948. The number of urea groups is 1. The molecule has 2 aliphatic rings. The van der Waals surface area contributed by atoms with Gasteiger partial charge in [-0.1, -0.05) is 42.5 Å². The predicted octanol–water partition coefficient (Wildman–Crippen LogP) is 2.19. The number of barbiturate groups is 1. The van der Waals surface area contributed by atoms with Crippen molar-refractivity contribution < 1.29 is 19.1 Å². The van der Waals surface area contributed by atoms with E-state index < -0.39 is 17.8 Å². The number of anilines is 1. The van der Waals surface area contributed by atoms with Gasteiger partial charge in [-0.2, -0.15) is 0 Å². The van der Waals surface area contributed by atoms with Crippen LogP contribution in [0, 0.1) is 0 Å². The van der Waals surface area contributed by atoms with E-state index in [1.165, 1.54) is 6.08 Å². The molecule has 0 bridgehead atoms. The molecule has 2 saturated heterocycles. The maximum Gasteiger partial charge on any atom is 0.331 e. The number of rotatable bonds is 4. The first-order valence-electron chi connectivity index (χ1n) is 9.47. The van der Waals surface area contributed by atoms with Crippen molar-refractivity contribution >= 4 is 29.6 Å². The first kappa shape index (κ1) is 18.9. The standard InChI is InChI=1S/C22H21N3O4/c26-20-19(14-16-6-8-18(9-7-16)24-10-12-29-13-11-24)21(27)25(22(28)23-20)15-17-4-2-1-3-5-17/h1-9,14H,10-13,15H2,(H,23,26,28). The van der Waals surface area contributed by atoms with Gasteiger partial charge in [0.25, 0.3) is 11.8 Å². The number of hydrogen-bond acceptors (Lipinski definition) is 5. The Hall–Kier alpha value is -3.45. The minimum absolute atomic E-state index is 0.0559. The Kier molecular flexibility index (Phi) is 5.39. The van der Waals surface area contributed by atoms with Crippen LogP contribution in [-0.4, -0.2) is 49.0 Å². The molecule has 4 amide bonds. The number of morpholine rings is 1. The number of ether oxygens (including phenoxy) is 1. The molecule has 2 aliphatic heterocycles. The third-order valence-electron chi connectivity index (χ3n) is 4.95. The molecule has 0 aliphatic carbocycles. The molecule has 4 rings (SSSR count). The molecular weight excluding hydrogens is 370 g/mol. The van der Waals surface area contributed by atoms with Crippen molar-refractivity contribution in [2.75, 3.05) is 31.2 Å². The van der Waals surface area contributed by atoms with Crippen LogP contribution < -0.4 is 10.2 Å².